The Kier molecular flexibility index (Phi) is 7.93. The second kappa shape index (κ2) is 10.5. The summed E-state index contributed by atoms with van der Waals surface area (Å²) in [5.74, 6) is 0.561. The monoisotopic (exact) mass is 496 g/mol. The van der Waals surface area contributed by atoms with E-state index in [1.54, 1.807) is 32.1 Å². The number of nitrogens with zero attached hydrogens (tertiary/aromatic N) is 1. The van der Waals surface area contributed by atoms with Gasteiger partial charge in [-0.25, -0.2) is 8.42 Å². The highest BCUT2D eigenvalue weighted by molar-refractivity contribution is 7.93. The van der Waals surface area contributed by atoms with Crippen LogP contribution in [0.25, 0.3) is 0 Å². The number of nitrogens with one attached hydrogen (secondary N) is 1. The minimum atomic E-state index is -4.74. The van der Waals surface area contributed by atoms with Gasteiger partial charge in [0.05, 0.1) is 10.9 Å². The summed E-state index contributed by atoms with van der Waals surface area (Å²) < 4.78 is 73.2. The predicted molar refractivity (Wildman–Crippen MR) is 124 cm³/mol. The number of hydrogen-bond acceptors (Lipinski definition) is 5. The van der Waals surface area contributed by atoms with Crippen LogP contribution >= 0.6 is 0 Å². The van der Waals surface area contributed by atoms with Gasteiger partial charge in [0.25, 0.3) is 0 Å². The first kappa shape index (κ1) is 25.6. The Morgan fingerprint density at radius 2 is 1.68 bits per heavy atom. The van der Waals surface area contributed by atoms with Gasteiger partial charge in [-0.1, -0.05) is 24.8 Å². The average molecular weight is 497 g/mol. The van der Waals surface area contributed by atoms with Crippen molar-refractivity contribution >= 4 is 10.0 Å². The van der Waals surface area contributed by atoms with Gasteiger partial charge < -0.3 is 14.8 Å². The van der Waals surface area contributed by atoms with Gasteiger partial charge in [0.1, 0.15) is 17.2 Å². The molecule has 1 aliphatic rings. The predicted octanol–water partition coefficient (Wildman–Crippen LogP) is 5.70. The molecule has 1 fully saturated rings. The first-order chi connectivity index (χ1) is 16.0. The van der Waals surface area contributed by atoms with Crippen LogP contribution in [0.15, 0.2) is 71.8 Å². The Morgan fingerprint density at radius 1 is 1.12 bits per heavy atom. The third-order valence-corrected chi connectivity index (χ3v) is 7.57. The standard InChI is InChI=1S/C24H27F3N2O4S/c1-4-17(2)34(30,31)29-15-5-6-23(29)18(3)28-16-19-7-9-20(10-8-19)32-21-11-13-22(14-12-21)33-24(25,26)27/h4,7-14,23,28H,3,5-6,15-16H2,1-2H3/b17-4+. The van der Waals surface area contributed by atoms with Crippen LogP contribution < -0.4 is 14.8 Å². The van der Waals surface area contributed by atoms with E-state index in [2.05, 4.69) is 16.6 Å². The molecule has 6 nitrogen and oxygen atoms in total. The molecule has 0 radical (unpaired) electrons. The summed E-state index contributed by atoms with van der Waals surface area (Å²) in [4.78, 5) is 0.324. The van der Waals surface area contributed by atoms with E-state index in [1.807, 2.05) is 12.1 Å². The van der Waals surface area contributed by atoms with Crippen LogP contribution in [-0.2, 0) is 16.6 Å². The van der Waals surface area contributed by atoms with E-state index >= 15 is 0 Å². The van der Waals surface area contributed by atoms with Crippen LogP contribution in [0.3, 0.4) is 0 Å². The van der Waals surface area contributed by atoms with Gasteiger partial charge in [-0.05, 0) is 68.7 Å². The van der Waals surface area contributed by atoms with Crippen molar-refractivity contribution in [1.82, 2.24) is 9.62 Å². The summed E-state index contributed by atoms with van der Waals surface area (Å²) in [6.07, 6.45) is -1.67. The molecule has 0 aliphatic carbocycles. The van der Waals surface area contributed by atoms with Crippen molar-refractivity contribution in [1.29, 1.82) is 0 Å². The molecular weight excluding hydrogens is 469 g/mol. The van der Waals surface area contributed by atoms with Crippen LogP contribution in [0.4, 0.5) is 13.2 Å². The summed E-state index contributed by atoms with van der Waals surface area (Å²) in [6.45, 7) is 8.28. The lowest BCUT2D eigenvalue weighted by Crippen LogP contribution is -2.39. The van der Waals surface area contributed by atoms with Crippen molar-refractivity contribution in [3.8, 4) is 17.2 Å². The summed E-state index contributed by atoms with van der Waals surface area (Å²) >= 11 is 0. The lowest BCUT2D eigenvalue weighted by Gasteiger charge is -2.26. The molecule has 0 aromatic heterocycles. The van der Waals surface area contributed by atoms with Crippen molar-refractivity contribution in [2.24, 2.45) is 0 Å². The molecule has 1 unspecified atom stereocenters. The SMILES string of the molecule is C=C(NCc1ccc(Oc2ccc(OC(F)(F)F)cc2)cc1)C1CCCN1S(=O)(=O)/C(C)=C/C. The summed E-state index contributed by atoms with van der Waals surface area (Å²) in [7, 11) is -3.50. The Morgan fingerprint density at radius 3 is 2.24 bits per heavy atom. The topological polar surface area (TPSA) is 67.9 Å². The van der Waals surface area contributed by atoms with Crippen molar-refractivity contribution in [2.45, 2.75) is 45.6 Å². The largest absolute Gasteiger partial charge is 0.573 e. The van der Waals surface area contributed by atoms with Gasteiger partial charge in [0, 0.05) is 18.8 Å². The smallest absolute Gasteiger partial charge is 0.457 e. The van der Waals surface area contributed by atoms with Crippen molar-refractivity contribution in [3.63, 3.8) is 0 Å². The van der Waals surface area contributed by atoms with Crippen LogP contribution in [-0.4, -0.2) is 31.7 Å². The van der Waals surface area contributed by atoms with Crippen LogP contribution in [0.1, 0.15) is 32.3 Å². The maximum Gasteiger partial charge on any atom is 0.573 e. The van der Waals surface area contributed by atoms with Crippen LogP contribution in [0, 0.1) is 0 Å². The first-order valence-corrected chi connectivity index (χ1v) is 12.1. The zero-order chi connectivity index (χ0) is 24.9. The van der Waals surface area contributed by atoms with E-state index in [4.69, 9.17) is 4.74 Å². The molecule has 0 bridgehead atoms. The van der Waals surface area contributed by atoms with E-state index in [-0.39, 0.29) is 11.8 Å². The van der Waals surface area contributed by atoms with E-state index in [9.17, 15) is 21.6 Å². The molecule has 0 amide bonds. The second-order valence-corrected chi connectivity index (χ2v) is 9.88. The fourth-order valence-electron chi connectivity index (χ4n) is 3.56. The highest BCUT2D eigenvalue weighted by Crippen LogP contribution is 2.29. The van der Waals surface area contributed by atoms with E-state index in [1.165, 1.54) is 28.6 Å². The molecule has 1 N–H and O–H groups in total. The molecule has 184 valence electrons. The fraction of sp³-hybridized carbons (Fsp3) is 0.333. The molecule has 3 rings (SSSR count). The van der Waals surface area contributed by atoms with E-state index in [0.717, 1.165) is 12.0 Å². The van der Waals surface area contributed by atoms with Crippen LogP contribution in [0.5, 0.6) is 17.2 Å². The third kappa shape index (κ3) is 6.54. The summed E-state index contributed by atoms with van der Waals surface area (Å²) in [5, 5.41) is 3.23. The number of benzene rings is 2. The number of halogens is 3. The summed E-state index contributed by atoms with van der Waals surface area (Å²) in [6, 6.07) is 12.0. The summed E-state index contributed by atoms with van der Waals surface area (Å²) in [5.41, 5.74) is 1.57. The van der Waals surface area contributed by atoms with Crippen molar-refractivity contribution < 1.29 is 31.1 Å². The van der Waals surface area contributed by atoms with Gasteiger partial charge in [-0.15, -0.1) is 13.2 Å². The number of rotatable bonds is 9. The maximum absolute atomic E-state index is 12.7. The number of alkyl halides is 3. The molecule has 10 heteroatoms. The number of sulfonamides is 1. The first-order valence-electron chi connectivity index (χ1n) is 10.7. The van der Waals surface area contributed by atoms with Gasteiger partial charge in [-0.3, -0.25) is 0 Å². The fourth-order valence-corrected chi connectivity index (χ4v) is 5.17. The molecule has 2 aromatic rings. The van der Waals surface area contributed by atoms with Gasteiger partial charge >= 0.3 is 6.36 Å². The third-order valence-electron chi connectivity index (χ3n) is 5.46. The molecule has 0 saturated carbocycles. The Balaban J connectivity index is 1.55. The van der Waals surface area contributed by atoms with Crippen molar-refractivity contribution in [2.75, 3.05) is 6.54 Å². The zero-order valence-electron chi connectivity index (χ0n) is 18.9. The lowest BCUT2D eigenvalue weighted by atomic mass is 10.1. The highest BCUT2D eigenvalue weighted by Gasteiger charge is 2.36. The van der Waals surface area contributed by atoms with E-state index in [0.29, 0.717) is 41.6 Å². The molecule has 1 atom stereocenters. The molecule has 1 heterocycles. The Bertz CT molecular complexity index is 1130. The quantitative estimate of drug-likeness (QED) is 0.483. The number of ether oxygens (including phenoxy) is 2. The van der Waals surface area contributed by atoms with Crippen molar-refractivity contribution in [3.05, 3.63) is 77.4 Å². The van der Waals surface area contributed by atoms with E-state index < -0.39 is 16.4 Å². The van der Waals surface area contributed by atoms with Gasteiger partial charge in [-0.2, -0.15) is 4.31 Å². The molecule has 1 saturated heterocycles. The normalized spacial score (nSPS) is 17.4. The number of hydrogen-bond donors (Lipinski definition) is 1. The average Bonchev–Trinajstić information content (AvgIpc) is 3.29. The van der Waals surface area contributed by atoms with Gasteiger partial charge in [0.15, 0.2) is 0 Å². The Hall–Kier alpha value is -2.98. The highest BCUT2D eigenvalue weighted by atomic mass is 32.2. The van der Waals surface area contributed by atoms with Gasteiger partial charge in [0.2, 0.25) is 10.0 Å². The zero-order valence-corrected chi connectivity index (χ0v) is 19.7. The Labute approximate surface area is 197 Å². The molecular formula is C24H27F3N2O4S. The molecule has 2 aromatic carbocycles. The lowest BCUT2D eigenvalue weighted by molar-refractivity contribution is -0.274. The number of allylic oxidation sites excluding steroid dienone is 2. The molecule has 0 spiro atoms. The second-order valence-electron chi connectivity index (χ2n) is 7.82. The minimum absolute atomic E-state index is 0.299. The maximum atomic E-state index is 12.7. The molecule has 34 heavy (non-hydrogen) atoms. The van der Waals surface area contributed by atoms with Crippen LogP contribution in [0.2, 0.25) is 0 Å². The minimum Gasteiger partial charge on any atom is -0.457 e. The molecule has 1 aliphatic heterocycles.